The molecule has 13 heavy (non-hydrogen) atoms. The molecular weight excluding hydrogens is 163 g/mol. The number of rotatable bonds is 5. The average Bonchev–Trinajstić information content (AvgIpc) is 2.11. The van der Waals surface area contributed by atoms with E-state index in [1.165, 1.54) is 0 Å². The molecule has 0 aliphatic carbocycles. The summed E-state index contributed by atoms with van der Waals surface area (Å²) in [5.74, 6) is 0.918. The van der Waals surface area contributed by atoms with Gasteiger partial charge in [0.15, 0.2) is 0 Å². The first-order valence-corrected chi connectivity index (χ1v) is 5.23. The summed E-state index contributed by atoms with van der Waals surface area (Å²) in [4.78, 5) is 0. The predicted molar refractivity (Wildman–Crippen MR) is 56.2 cm³/mol. The van der Waals surface area contributed by atoms with Crippen molar-refractivity contribution >= 4 is 0 Å². The van der Waals surface area contributed by atoms with E-state index in [1.807, 2.05) is 6.08 Å². The van der Waals surface area contributed by atoms with Gasteiger partial charge in [-0.05, 0) is 24.3 Å². The highest BCUT2D eigenvalue weighted by atomic mass is 19.1. The minimum Gasteiger partial charge on any atom is -0.203 e. The molecule has 1 heteroatoms. The molecular formula is C12H21F. The van der Waals surface area contributed by atoms with Crippen LogP contribution in [0.15, 0.2) is 17.6 Å². The average molecular weight is 184 g/mol. The second kappa shape index (κ2) is 6.91. The lowest BCUT2D eigenvalue weighted by Crippen LogP contribution is -2.04. The monoisotopic (exact) mass is 184 g/mol. The molecule has 1 atom stereocenters. The summed E-state index contributed by atoms with van der Waals surface area (Å²) in [6.45, 7) is 8.30. The zero-order valence-electron chi connectivity index (χ0n) is 9.23. The van der Waals surface area contributed by atoms with Gasteiger partial charge in [-0.25, -0.2) is 4.39 Å². The third-order valence-electron chi connectivity index (χ3n) is 2.24. The lowest BCUT2D eigenvalue weighted by Gasteiger charge is -2.14. The first-order chi connectivity index (χ1) is 6.11. The van der Waals surface area contributed by atoms with Crippen LogP contribution in [0.2, 0.25) is 0 Å². The third-order valence-corrected chi connectivity index (χ3v) is 2.24. The highest BCUT2D eigenvalue weighted by Gasteiger charge is 2.07. The Morgan fingerprint density at radius 1 is 1.38 bits per heavy atom. The van der Waals surface area contributed by atoms with Gasteiger partial charge in [-0.15, -0.1) is 0 Å². The Morgan fingerprint density at radius 3 is 2.38 bits per heavy atom. The van der Waals surface area contributed by atoms with Crippen LogP contribution in [0, 0.1) is 11.8 Å². The molecule has 0 amide bonds. The van der Waals surface area contributed by atoms with E-state index < -0.39 is 0 Å². The second-order valence-corrected chi connectivity index (χ2v) is 3.77. The fourth-order valence-electron chi connectivity index (χ4n) is 1.24. The van der Waals surface area contributed by atoms with E-state index in [2.05, 4.69) is 26.5 Å². The molecule has 0 N–H and O–H groups in total. The number of allylic oxidation sites excluding steroid dienone is 1. The van der Waals surface area contributed by atoms with Crippen LogP contribution < -0.4 is 0 Å². The smallest absolute Gasteiger partial charge is 0.141 e. The van der Waals surface area contributed by atoms with Crippen molar-refractivity contribution in [2.75, 3.05) is 0 Å². The molecule has 0 spiro atoms. The number of hydrogen-bond donors (Lipinski definition) is 0. The van der Waals surface area contributed by atoms with Crippen LogP contribution in [-0.2, 0) is 0 Å². The molecule has 0 aliphatic rings. The summed E-state index contributed by atoms with van der Waals surface area (Å²) in [7, 11) is 0. The van der Waals surface area contributed by atoms with Crippen LogP contribution in [0.5, 0.6) is 0 Å². The van der Waals surface area contributed by atoms with E-state index >= 15 is 0 Å². The van der Waals surface area contributed by atoms with Crippen LogP contribution in [-0.4, -0.2) is 0 Å². The van der Waals surface area contributed by atoms with Crippen molar-refractivity contribution in [1.29, 1.82) is 0 Å². The van der Waals surface area contributed by atoms with Gasteiger partial charge >= 0.3 is 0 Å². The van der Waals surface area contributed by atoms with Gasteiger partial charge in [0.2, 0.25) is 0 Å². The van der Waals surface area contributed by atoms with E-state index in [9.17, 15) is 4.39 Å². The van der Waals surface area contributed by atoms with Crippen molar-refractivity contribution in [2.45, 2.75) is 47.0 Å². The first-order valence-electron chi connectivity index (χ1n) is 5.23. The van der Waals surface area contributed by atoms with Gasteiger partial charge in [-0.2, -0.15) is 0 Å². The standard InChI is InChI=1S/C12H21F/c1-5-7-11(10(3)4)8-9-12(13)6-2/h8,10-11H,5-7H2,1-4H3. The maximum atomic E-state index is 12.8. The number of halogens is 1. The fourth-order valence-corrected chi connectivity index (χ4v) is 1.24. The van der Waals surface area contributed by atoms with Gasteiger partial charge in [0, 0.05) is 6.42 Å². The Morgan fingerprint density at radius 2 is 2.00 bits per heavy atom. The molecule has 76 valence electrons. The van der Waals surface area contributed by atoms with Crippen LogP contribution in [0.25, 0.3) is 0 Å². The Bertz CT molecular complexity index is 185. The van der Waals surface area contributed by atoms with Crippen molar-refractivity contribution in [2.24, 2.45) is 11.8 Å². The molecule has 0 heterocycles. The summed E-state index contributed by atoms with van der Waals surface area (Å²) in [5.41, 5.74) is 2.72. The lowest BCUT2D eigenvalue weighted by atomic mass is 9.91. The van der Waals surface area contributed by atoms with Crippen LogP contribution in [0.1, 0.15) is 47.0 Å². The van der Waals surface area contributed by atoms with E-state index in [0.717, 1.165) is 12.8 Å². The maximum absolute atomic E-state index is 12.8. The Balaban J connectivity index is 4.32. The summed E-state index contributed by atoms with van der Waals surface area (Å²) in [6, 6.07) is 0. The van der Waals surface area contributed by atoms with Gasteiger partial charge < -0.3 is 0 Å². The first kappa shape index (κ1) is 12.4. The molecule has 0 aliphatic heterocycles. The van der Waals surface area contributed by atoms with E-state index in [0.29, 0.717) is 18.3 Å². The van der Waals surface area contributed by atoms with Crippen molar-refractivity contribution in [1.82, 2.24) is 0 Å². The van der Waals surface area contributed by atoms with E-state index in [-0.39, 0.29) is 5.83 Å². The van der Waals surface area contributed by atoms with E-state index in [1.54, 1.807) is 6.92 Å². The molecule has 0 rings (SSSR count). The molecule has 0 aromatic heterocycles. The Kier molecular flexibility index (Phi) is 6.62. The third kappa shape index (κ3) is 5.65. The molecule has 0 saturated heterocycles. The van der Waals surface area contributed by atoms with Crippen molar-refractivity contribution < 1.29 is 4.39 Å². The van der Waals surface area contributed by atoms with Crippen LogP contribution >= 0.6 is 0 Å². The highest BCUT2D eigenvalue weighted by molar-refractivity contribution is 4.95. The lowest BCUT2D eigenvalue weighted by molar-refractivity contribution is 0.431. The topological polar surface area (TPSA) is 0 Å². The van der Waals surface area contributed by atoms with E-state index in [4.69, 9.17) is 0 Å². The van der Waals surface area contributed by atoms with Crippen molar-refractivity contribution in [3.05, 3.63) is 17.6 Å². The molecule has 0 nitrogen and oxygen atoms in total. The summed E-state index contributed by atoms with van der Waals surface area (Å²) in [5, 5.41) is 0. The summed E-state index contributed by atoms with van der Waals surface area (Å²) < 4.78 is 12.8. The molecule has 0 bridgehead atoms. The van der Waals surface area contributed by atoms with Crippen molar-refractivity contribution in [3.8, 4) is 0 Å². The fraction of sp³-hybridized carbons (Fsp3) is 0.750. The minimum absolute atomic E-state index is 0.137. The van der Waals surface area contributed by atoms with Gasteiger partial charge in [-0.3, -0.25) is 0 Å². The second-order valence-electron chi connectivity index (χ2n) is 3.77. The Labute approximate surface area is 81.5 Å². The van der Waals surface area contributed by atoms with Gasteiger partial charge in [0.1, 0.15) is 5.83 Å². The molecule has 0 aromatic carbocycles. The van der Waals surface area contributed by atoms with Crippen molar-refractivity contribution in [3.63, 3.8) is 0 Å². The molecule has 0 fully saturated rings. The van der Waals surface area contributed by atoms with Gasteiger partial charge in [-0.1, -0.05) is 39.8 Å². The SMILES string of the molecule is CCCC(C=C=C(F)CC)C(C)C. The van der Waals surface area contributed by atoms with Crippen LogP contribution in [0.3, 0.4) is 0 Å². The normalized spacial score (nSPS) is 12.5. The van der Waals surface area contributed by atoms with Crippen LogP contribution in [0.4, 0.5) is 4.39 Å². The number of hydrogen-bond acceptors (Lipinski definition) is 0. The molecule has 0 aromatic rings. The zero-order chi connectivity index (χ0) is 10.3. The largest absolute Gasteiger partial charge is 0.203 e. The Hall–Kier alpha value is -0.550. The minimum atomic E-state index is -0.137. The summed E-state index contributed by atoms with van der Waals surface area (Å²) in [6.07, 6.45) is 4.62. The zero-order valence-corrected chi connectivity index (χ0v) is 9.23. The quantitative estimate of drug-likeness (QED) is 0.553. The molecule has 0 saturated carbocycles. The van der Waals surface area contributed by atoms with Gasteiger partial charge in [0.25, 0.3) is 0 Å². The predicted octanol–water partition coefficient (Wildman–Crippen LogP) is 4.48. The maximum Gasteiger partial charge on any atom is 0.141 e. The highest BCUT2D eigenvalue weighted by Crippen LogP contribution is 2.18. The molecule has 1 unspecified atom stereocenters. The summed E-state index contributed by atoms with van der Waals surface area (Å²) >= 11 is 0. The van der Waals surface area contributed by atoms with Gasteiger partial charge in [0.05, 0.1) is 0 Å². The molecule has 0 radical (unpaired) electrons.